The molecule has 4 rings (SSSR count). The van der Waals surface area contributed by atoms with Crippen molar-refractivity contribution in [3.05, 3.63) is 78.1 Å². The fourth-order valence-corrected chi connectivity index (χ4v) is 4.74. The van der Waals surface area contributed by atoms with Gasteiger partial charge < -0.3 is 4.74 Å². The van der Waals surface area contributed by atoms with Gasteiger partial charge in [-0.15, -0.1) is 0 Å². The van der Waals surface area contributed by atoms with E-state index in [1.807, 2.05) is 6.07 Å². The minimum absolute atomic E-state index is 0.0978. The molecule has 158 valence electrons. The summed E-state index contributed by atoms with van der Waals surface area (Å²) in [5.41, 5.74) is 0.820. The van der Waals surface area contributed by atoms with Gasteiger partial charge in [-0.1, -0.05) is 23.5 Å². The van der Waals surface area contributed by atoms with E-state index in [9.17, 15) is 17.6 Å². The maximum atomic E-state index is 13.7. The van der Waals surface area contributed by atoms with E-state index in [2.05, 4.69) is 15.0 Å². The number of halogens is 1. The highest BCUT2D eigenvalue weighted by atomic mass is 32.2. The van der Waals surface area contributed by atoms with E-state index in [0.29, 0.717) is 10.9 Å². The number of sulfonamides is 1. The molecular formula is C21H16FN3O4S2. The second-order valence-corrected chi connectivity index (χ2v) is 9.13. The summed E-state index contributed by atoms with van der Waals surface area (Å²) in [6.07, 6.45) is 0. The van der Waals surface area contributed by atoms with E-state index in [0.717, 1.165) is 16.3 Å². The average molecular weight is 458 g/mol. The summed E-state index contributed by atoms with van der Waals surface area (Å²) in [4.78, 5) is 16.8. The summed E-state index contributed by atoms with van der Waals surface area (Å²) in [5, 5.41) is 3.11. The number of thiazole rings is 1. The number of carbonyl (C=O) groups is 1. The van der Waals surface area contributed by atoms with Gasteiger partial charge in [0.15, 0.2) is 5.13 Å². The topological polar surface area (TPSA) is 97.4 Å². The summed E-state index contributed by atoms with van der Waals surface area (Å²) in [5.74, 6) is -0.428. The molecule has 4 aromatic rings. The third-order valence-electron chi connectivity index (χ3n) is 4.36. The van der Waals surface area contributed by atoms with Crippen LogP contribution in [0.5, 0.6) is 5.75 Å². The van der Waals surface area contributed by atoms with Gasteiger partial charge in [0, 0.05) is 5.56 Å². The van der Waals surface area contributed by atoms with Crippen molar-refractivity contribution in [1.29, 1.82) is 0 Å². The molecule has 0 radical (unpaired) electrons. The molecular weight excluding hydrogens is 441 g/mol. The molecule has 0 atom stereocenters. The smallest absolute Gasteiger partial charge is 0.261 e. The van der Waals surface area contributed by atoms with Gasteiger partial charge in [-0.3, -0.25) is 14.8 Å². The van der Waals surface area contributed by atoms with Crippen LogP contribution in [0.15, 0.2) is 71.6 Å². The molecule has 0 saturated carbocycles. The first-order valence-corrected chi connectivity index (χ1v) is 11.3. The summed E-state index contributed by atoms with van der Waals surface area (Å²) in [6.45, 7) is 0. The van der Waals surface area contributed by atoms with Crippen molar-refractivity contribution >= 4 is 48.3 Å². The van der Waals surface area contributed by atoms with Crippen LogP contribution in [0.3, 0.4) is 0 Å². The number of amides is 1. The van der Waals surface area contributed by atoms with E-state index in [1.54, 1.807) is 19.2 Å². The third kappa shape index (κ3) is 4.49. The predicted molar refractivity (Wildman–Crippen MR) is 118 cm³/mol. The maximum absolute atomic E-state index is 13.7. The number of para-hydroxylation sites is 1. The molecule has 0 aliphatic rings. The van der Waals surface area contributed by atoms with Crippen molar-refractivity contribution in [2.75, 3.05) is 17.1 Å². The summed E-state index contributed by atoms with van der Waals surface area (Å²) >= 11 is 1.30. The lowest BCUT2D eigenvalue weighted by Gasteiger charge is -2.09. The number of rotatable bonds is 6. The van der Waals surface area contributed by atoms with Crippen LogP contribution in [0.1, 0.15) is 10.4 Å². The molecule has 0 aliphatic heterocycles. The van der Waals surface area contributed by atoms with E-state index in [-0.39, 0.29) is 16.1 Å². The van der Waals surface area contributed by atoms with Gasteiger partial charge >= 0.3 is 0 Å². The molecule has 31 heavy (non-hydrogen) atoms. The number of hydrogen-bond acceptors (Lipinski definition) is 6. The van der Waals surface area contributed by atoms with Gasteiger partial charge in [0.25, 0.3) is 15.9 Å². The molecule has 3 aromatic carbocycles. The zero-order valence-electron chi connectivity index (χ0n) is 16.1. The van der Waals surface area contributed by atoms with E-state index >= 15 is 0 Å². The Balaban J connectivity index is 1.50. The average Bonchev–Trinajstić information content (AvgIpc) is 3.16. The highest BCUT2D eigenvalue weighted by Crippen LogP contribution is 2.29. The molecule has 10 heteroatoms. The Bertz CT molecular complexity index is 1370. The Kier molecular flexibility index (Phi) is 5.57. The van der Waals surface area contributed by atoms with Crippen molar-refractivity contribution in [1.82, 2.24) is 4.98 Å². The van der Waals surface area contributed by atoms with Crippen LogP contribution in [0, 0.1) is 5.82 Å². The Morgan fingerprint density at radius 2 is 1.81 bits per heavy atom. The van der Waals surface area contributed by atoms with Crippen molar-refractivity contribution in [3.8, 4) is 5.75 Å². The third-order valence-corrected chi connectivity index (χ3v) is 6.68. The fraction of sp³-hybridized carbons (Fsp3) is 0.0476. The molecule has 7 nitrogen and oxygen atoms in total. The molecule has 0 bridgehead atoms. The number of methoxy groups -OCH3 is 1. The van der Waals surface area contributed by atoms with Gasteiger partial charge in [0.1, 0.15) is 11.6 Å². The summed E-state index contributed by atoms with van der Waals surface area (Å²) in [6, 6.07) is 16.2. The number of aromatic nitrogens is 1. The van der Waals surface area contributed by atoms with Crippen molar-refractivity contribution in [3.63, 3.8) is 0 Å². The molecule has 1 aromatic heterocycles. The number of carbonyl (C=O) groups excluding carboxylic acids is 1. The highest BCUT2D eigenvalue weighted by molar-refractivity contribution is 7.92. The number of fused-ring (bicyclic) bond motifs is 1. The second-order valence-electron chi connectivity index (χ2n) is 6.42. The zero-order chi connectivity index (χ0) is 22.0. The van der Waals surface area contributed by atoms with Crippen LogP contribution in [-0.4, -0.2) is 26.4 Å². The highest BCUT2D eigenvalue weighted by Gasteiger charge is 2.17. The van der Waals surface area contributed by atoms with Crippen molar-refractivity contribution in [2.24, 2.45) is 0 Å². The molecule has 1 amide bonds. The lowest BCUT2D eigenvalue weighted by molar-refractivity contribution is 0.102. The standard InChI is InChI=1S/C21H16FN3O4S2/c1-29-14-8-11-18-19(12-14)30-21(23-18)24-20(26)13-6-9-15(10-7-13)31(27,28)25-17-5-3-2-4-16(17)22/h2-12,25H,1H3,(H,23,24,26). The van der Waals surface area contributed by atoms with Crippen LogP contribution >= 0.6 is 11.3 Å². The number of anilines is 2. The lowest BCUT2D eigenvalue weighted by atomic mass is 10.2. The molecule has 0 aliphatic carbocycles. The SMILES string of the molecule is COc1ccc2nc(NC(=O)c3ccc(S(=O)(=O)Nc4ccccc4F)cc3)sc2c1. The number of ether oxygens (including phenoxy) is 1. The Hall–Kier alpha value is -3.50. The van der Waals surface area contributed by atoms with E-state index < -0.39 is 21.7 Å². The predicted octanol–water partition coefficient (Wildman–Crippen LogP) is 4.50. The van der Waals surface area contributed by atoms with E-state index in [4.69, 9.17) is 4.74 Å². The van der Waals surface area contributed by atoms with Gasteiger partial charge in [-0.05, 0) is 54.6 Å². The number of nitrogens with zero attached hydrogens (tertiary/aromatic N) is 1. The van der Waals surface area contributed by atoms with Gasteiger partial charge in [0.2, 0.25) is 0 Å². The van der Waals surface area contributed by atoms with Crippen LogP contribution < -0.4 is 14.8 Å². The van der Waals surface area contributed by atoms with Crippen LogP contribution in [0.4, 0.5) is 15.2 Å². The van der Waals surface area contributed by atoms with Crippen LogP contribution in [0.2, 0.25) is 0 Å². The summed E-state index contributed by atoms with van der Waals surface area (Å²) < 4.78 is 46.9. The minimum atomic E-state index is -4.01. The minimum Gasteiger partial charge on any atom is -0.497 e. The van der Waals surface area contributed by atoms with Crippen LogP contribution in [-0.2, 0) is 10.0 Å². The fourth-order valence-electron chi connectivity index (χ4n) is 2.79. The molecule has 0 saturated heterocycles. The molecule has 0 spiro atoms. The summed E-state index contributed by atoms with van der Waals surface area (Å²) in [7, 11) is -2.43. The first-order valence-electron chi connectivity index (χ1n) is 8.99. The maximum Gasteiger partial charge on any atom is 0.261 e. The van der Waals surface area contributed by atoms with Crippen LogP contribution in [0.25, 0.3) is 10.2 Å². The van der Waals surface area contributed by atoms with Gasteiger partial charge in [-0.2, -0.15) is 0 Å². The normalized spacial score (nSPS) is 11.3. The monoisotopic (exact) mass is 457 g/mol. The quantitative estimate of drug-likeness (QED) is 0.444. The number of hydrogen-bond donors (Lipinski definition) is 2. The van der Waals surface area contributed by atoms with Gasteiger partial charge in [0.05, 0.1) is 27.9 Å². The second kappa shape index (κ2) is 8.32. The van der Waals surface area contributed by atoms with E-state index in [1.165, 1.54) is 53.8 Å². The number of nitrogens with one attached hydrogen (secondary N) is 2. The largest absolute Gasteiger partial charge is 0.497 e. The van der Waals surface area contributed by atoms with Crippen molar-refractivity contribution < 1.29 is 22.3 Å². The lowest BCUT2D eigenvalue weighted by Crippen LogP contribution is -2.15. The first-order chi connectivity index (χ1) is 14.9. The zero-order valence-corrected chi connectivity index (χ0v) is 17.8. The molecule has 0 unspecified atom stereocenters. The first kappa shape index (κ1) is 20.8. The van der Waals surface area contributed by atoms with Crippen molar-refractivity contribution in [2.45, 2.75) is 4.90 Å². The Morgan fingerprint density at radius 1 is 1.06 bits per heavy atom. The Labute approximate surface area is 181 Å². The Morgan fingerprint density at radius 3 is 2.52 bits per heavy atom. The van der Waals surface area contributed by atoms with Gasteiger partial charge in [-0.25, -0.2) is 17.8 Å². The molecule has 1 heterocycles. The molecule has 0 fully saturated rings. The molecule has 2 N–H and O–H groups in total. The number of benzene rings is 3.